The van der Waals surface area contributed by atoms with E-state index >= 15 is 0 Å². The number of aromatic nitrogens is 1. The van der Waals surface area contributed by atoms with Crippen LogP contribution in [0.3, 0.4) is 0 Å². The SMILES string of the molecule is C=CC[C@H]1C(=O)C(C)(C)[C@@H](O)CC(=O)N[C@H](C(Cl)=Cc2ccccn2)C[C@@H]2O[C@]2(C)CCO[C@H](C)[C@H]1O. The second-order valence-corrected chi connectivity index (χ2v) is 11.2. The Bertz CT molecular complexity index is 1000. The van der Waals surface area contributed by atoms with Crippen molar-refractivity contribution in [3.05, 3.63) is 47.8 Å². The number of fused-ring (bicyclic) bond motifs is 1. The highest BCUT2D eigenvalue weighted by Gasteiger charge is 2.53. The Balaban J connectivity index is 1.89. The highest BCUT2D eigenvalue weighted by atomic mass is 35.5. The summed E-state index contributed by atoms with van der Waals surface area (Å²) in [6.45, 7) is 10.9. The molecule has 0 aromatic carbocycles. The number of amides is 1. The molecule has 1 aromatic rings. The molecule has 3 N–H and O–H groups in total. The number of ketones is 1. The Morgan fingerprint density at radius 1 is 1.30 bits per heavy atom. The first kappa shape index (κ1) is 29.5. The molecule has 2 aliphatic heterocycles. The van der Waals surface area contributed by atoms with Crippen molar-refractivity contribution in [3.8, 4) is 0 Å². The van der Waals surface area contributed by atoms with E-state index < -0.39 is 47.2 Å². The van der Waals surface area contributed by atoms with Crippen LogP contribution in [0.5, 0.6) is 0 Å². The zero-order valence-corrected chi connectivity index (χ0v) is 22.8. The lowest BCUT2D eigenvalue weighted by Crippen LogP contribution is -2.49. The predicted octanol–water partition coefficient (Wildman–Crippen LogP) is 3.40. The summed E-state index contributed by atoms with van der Waals surface area (Å²) in [6, 6.07) is 4.88. The van der Waals surface area contributed by atoms with Gasteiger partial charge in [0, 0.05) is 30.7 Å². The maximum absolute atomic E-state index is 13.5. The van der Waals surface area contributed by atoms with Crippen LogP contribution in [-0.2, 0) is 19.1 Å². The van der Waals surface area contributed by atoms with Crippen LogP contribution in [0, 0.1) is 11.3 Å². The molecule has 2 saturated heterocycles. The Labute approximate surface area is 224 Å². The molecule has 0 saturated carbocycles. The van der Waals surface area contributed by atoms with Crippen molar-refractivity contribution in [2.24, 2.45) is 11.3 Å². The van der Waals surface area contributed by atoms with Gasteiger partial charge in [0.1, 0.15) is 5.78 Å². The topological polar surface area (TPSA) is 121 Å². The van der Waals surface area contributed by atoms with Crippen LogP contribution in [0.15, 0.2) is 42.1 Å². The number of allylic oxidation sites excluding steroid dienone is 1. The number of aliphatic hydroxyl groups is 2. The third kappa shape index (κ3) is 7.27. The van der Waals surface area contributed by atoms with Crippen molar-refractivity contribution in [3.63, 3.8) is 0 Å². The van der Waals surface area contributed by atoms with Gasteiger partial charge in [-0.3, -0.25) is 14.6 Å². The minimum atomic E-state index is -1.30. The molecule has 0 spiro atoms. The Morgan fingerprint density at radius 3 is 2.68 bits per heavy atom. The van der Waals surface area contributed by atoms with Gasteiger partial charge >= 0.3 is 0 Å². The number of pyridine rings is 1. The summed E-state index contributed by atoms with van der Waals surface area (Å²) in [6.07, 6.45) is 2.64. The van der Waals surface area contributed by atoms with E-state index in [2.05, 4.69) is 16.9 Å². The molecule has 1 aromatic heterocycles. The van der Waals surface area contributed by atoms with Crippen molar-refractivity contribution < 1.29 is 29.3 Å². The number of hydrogen-bond donors (Lipinski definition) is 3. The van der Waals surface area contributed by atoms with Crippen molar-refractivity contribution >= 4 is 29.4 Å². The molecule has 7 atom stereocenters. The maximum atomic E-state index is 13.5. The molecule has 0 aliphatic carbocycles. The van der Waals surface area contributed by atoms with E-state index in [4.69, 9.17) is 21.1 Å². The van der Waals surface area contributed by atoms with Gasteiger partial charge in [-0.25, -0.2) is 0 Å². The van der Waals surface area contributed by atoms with Crippen molar-refractivity contribution in [2.45, 2.75) is 89.4 Å². The summed E-state index contributed by atoms with van der Waals surface area (Å²) in [5.41, 5.74) is -1.12. The van der Waals surface area contributed by atoms with Crippen LogP contribution < -0.4 is 5.32 Å². The maximum Gasteiger partial charge on any atom is 0.223 e. The molecule has 0 radical (unpaired) electrons. The van der Waals surface area contributed by atoms with E-state index in [-0.39, 0.29) is 24.7 Å². The number of hydrogen-bond acceptors (Lipinski definition) is 7. The number of carbonyl (C=O) groups excluding carboxylic acids is 2. The second-order valence-electron chi connectivity index (χ2n) is 10.8. The number of epoxide rings is 1. The Morgan fingerprint density at radius 2 is 2.03 bits per heavy atom. The summed E-state index contributed by atoms with van der Waals surface area (Å²) in [5.74, 6) is -1.64. The van der Waals surface area contributed by atoms with E-state index in [1.807, 2.05) is 19.1 Å². The highest BCUT2D eigenvalue weighted by Crippen LogP contribution is 2.43. The molecule has 204 valence electrons. The normalized spacial score (nSPS) is 35.8. The lowest BCUT2D eigenvalue weighted by molar-refractivity contribution is -0.147. The molecule has 8 nitrogen and oxygen atoms in total. The molecule has 3 rings (SSSR count). The fourth-order valence-electron chi connectivity index (χ4n) is 4.75. The number of carbonyl (C=O) groups is 2. The van der Waals surface area contributed by atoms with Gasteiger partial charge in [-0.05, 0) is 38.5 Å². The number of aliphatic hydroxyl groups excluding tert-OH is 2. The Kier molecular flexibility index (Phi) is 9.69. The van der Waals surface area contributed by atoms with Crippen LogP contribution in [-0.4, -0.2) is 69.6 Å². The molecule has 0 bridgehead atoms. The highest BCUT2D eigenvalue weighted by molar-refractivity contribution is 6.32. The summed E-state index contributed by atoms with van der Waals surface area (Å²) < 4.78 is 11.9. The average molecular weight is 535 g/mol. The van der Waals surface area contributed by atoms with E-state index in [9.17, 15) is 19.8 Å². The first-order valence-corrected chi connectivity index (χ1v) is 13.1. The number of nitrogens with one attached hydrogen (secondary N) is 1. The zero-order valence-electron chi connectivity index (χ0n) is 22.0. The lowest BCUT2D eigenvalue weighted by Gasteiger charge is -2.35. The van der Waals surface area contributed by atoms with E-state index in [0.29, 0.717) is 30.2 Å². The fourth-order valence-corrected chi connectivity index (χ4v) is 5.00. The summed E-state index contributed by atoms with van der Waals surface area (Å²) in [5, 5.41) is 25.2. The van der Waals surface area contributed by atoms with Gasteiger partial charge in [0.05, 0.1) is 59.5 Å². The largest absolute Gasteiger partial charge is 0.392 e. The van der Waals surface area contributed by atoms with Crippen molar-refractivity contribution in [1.29, 1.82) is 0 Å². The van der Waals surface area contributed by atoms with Crippen LogP contribution in [0.1, 0.15) is 59.1 Å². The average Bonchev–Trinajstić information content (AvgIpc) is 3.49. The van der Waals surface area contributed by atoms with E-state index in [1.165, 1.54) is 0 Å². The first-order chi connectivity index (χ1) is 17.4. The van der Waals surface area contributed by atoms with Crippen LogP contribution in [0.2, 0.25) is 0 Å². The van der Waals surface area contributed by atoms with Gasteiger partial charge < -0.3 is 25.0 Å². The number of rotatable bonds is 4. The quantitative estimate of drug-likeness (QED) is 0.400. The monoisotopic (exact) mass is 534 g/mol. The van der Waals surface area contributed by atoms with Gasteiger partial charge in [-0.2, -0.15) is 0 Å². The fraction of sp³-hybridized carbons (Fsp3) is 0.607. The minimum absolute atomic E-state index is 0.170. The first-order valence-electron chi connectivity index (χ1n) is 12.8. The number of nitrogens with zero attached hydrogens (tertiary/aromatic N) is 1. The smallest absolute Gasteiger partial charge is 0.223 e. The number of ether oxygens (including phenoxy) is 2. The van der Waals surface area contributed by atoms with Gasteiger partial charge in [-0.1, -0.05) is 37.6 Å². The molecular weight excluding hydrogens is 496 g/mol. The molecule has 9 heteroatoms. The van der Waals surface area contributed by atoms with E-state index in [1.54, 1.807) is 45.2 Å². The number of halogens is 1. The Hall–Kier alpha value is -2.10. The molecule has 2 aliphatic rings. The van der Waals surface area contributed by atoms with Gasteiger partial charge in [-0.15, -0.1) is 6.58 Å². The molecular formula is C28H39ClN2O6. The second kappa shape index (κ2) is 12.2. The molecule has 1 amide bonds. The predicted molar refractivity (Wildman–Crippen MR) is 142 cm³/mol. The summed E-state index contributed by atoms with van der Waals surface area (Å²) >= 11 is 6.66. The molecule has 37 heavy (non-hydrogen) atoms. The van der Waals surface area contributed by atoms with Gasteiger partial charge in [0.15, 0.2) is 0 Å². The summed E-state index contributed by atoms with van der Waals surface area (Å²) in [7, 11) is 0. The third-order valence-corrected chi connectivity index (χ3v) is 7.98. The van der Waals surface area contributed by atoms with Gasteiger partial charge in [0.25, 0.3) is 0 Å². The van der Waals surface area contributed by atoms with Crippen LogP contribution in [0.4, 0.5) is 0 Å². The van der Waals surface area contributed by atoms with Crippen molar-refractivity contribution in [2.75, 3.05) is 6.61 Å². The van der Waals surface area contributed by atoms with Gasteiger partial charge in [0.2, 0.25) is 5.91 Å². The zero-order chi connectivity index (χ0) is 27.4. The van der Waals surface area contributed by atoms with Crippen LogP contribution in [0.25, 0.3) is 6.08 Å². The summed E-state index contributed by atoms with van der Waals surface area (Å²) in [4.78, 5) is 30.8. The number of Topliss-reactive ketones (excluding diaryl/α,β-unsaturated/α-hetero) is 1. The molecule has 0 unspecified atom stereocenters. The van der Waals surface area contributed by atoms with Crippen LogP contribution >= 0.6 is 11.6 Å². The molecule has 2 fully saturated rings. The molecule has 3 heterocycles. The minimum Gasteiger partial charge on any atom is -0.392 e. The third-order valence-electron chi connectivity index (χ3n) is 7.60. The standard InChI is InChI=1S/C28H39ClN2O6/c1-6-9-19-25(34)17(2)36-13-11-28(5)23(37-28)15-21(20(29)14-18-10-7-8-12-30-18)31-24(33)16-22(32)27(3,4)26(19)35/h6-8,10,12,14,17,19,21-23,25,32,34H,1,9,11,13,15-16H2,2-5H3,(H,31,33)/t17-,19-,21+,22+,23+,25-,28-/m1/s1. The van der Waals surface area contributed by atoms with Crippen molar-refractivity contribution in [1.82, 2.24) is 10.3 Å². The lowest BCUT2D eigenvalue weighted by atomic mass is 9.72. The van der Waals surface area contributed by atoms with E-state index in [0.717, 1.165) is 0 Å².